The van der Waals surface area contributed by atoms with Crippen molar-refractivity contribution in [1.82, 2.24) is 4.57 Å². The molecule has 0 amide bonds. The van der Waals surface area contributed by atoms with Gasteiger partial charge in [-0.1, -0.05) is 0 Å². The van der Waals surface area contributed by atoms with Gasteiger partial charge in [0, 0.05) is 20.3 Å². The zero-order valence-corrected chi connectivity index (χ0v) is 10.7. The molecule has 1 aliphatic rings. The third-order valence-electron chi connectivity index (χ3n) is 3.46. The molecular weight excluding hydrogens is 220 g/mol. The van der Waals surface area contributed by atoms with Gasteiger partial charge < -0.3 is 14.7 Å². The molecule has 0 bridgehead atoms. The molecule has 1 aliphatic heterocycles. The van der Waals surface area contributed by atoms with E-state index in [1.54, 1.807) is 6.33 Å². The lowest BCUT2D eigenvalue weighted by atomic mass is 10.1. The van der Waals surface area contributed by atoms with E-state index >= 15 is 0 Å². The molecule has 5 nitrogen and oxygen atoms in total. The number of hydrogen-bond donors (Lipinski definition) is 0. The highest BCUT2D eigenvalue weighted by Crippen LogP contribution is 2.24. The van der Waals surface area contributed by atoms with Gasteiger partial charge >= 0.3 is 0 Å². The molecule has 1 saturated heterocycles. The number of rotatable bonds is 4. The fraction of sp³-hybridized carbons (Fsp3) is 0.750. The highest BCUT2D eigenvalue weighted by atomic mass is 16.7. The lowest BCUT2D eigenvalue weighted by molar-refractivity contribution is -0.611. The van der Waals surface area contributed by atoms with Crippen LogP contribution in [0.4, 0.5) is 0 Å². The van der Waals surface area contributed by atoms with E-state index in [9.17, 15) is 5.21 Å². The van der Waals surface area contributed by atoms with Gasteiger partial charge in [-0.3, -0.25) is 0 Å². The maximum Gasteiger partial charge on any atom is 0.247 e. The summed E-state index contributed by atoms with van der Waals surface area (Å²) in [6.45, 7) is 7.96. The summed E-state index contributed by atoms with van der Waals surface area (Å²) >= 11 is 0. The van der Waals surface area contributed by atoms with Crippen LogP contribution in [-0.2, 0) is 16.0 Å². The third-order valence-corrected chi connectivity index (χ3v) is 3.46. The fourth-order valence-corrected chi connectivity index (χ4v) is 2.16. The molecule has 0 saturated carbocycles. The Morgan fingerprint density at radius 3 is 2.59 bits per heavy atom. The molecule has 5 heteroatoms. The molecule has 0 N–H and O–H groups in total. The van der Waals surface area contributed by atoms with Crippen molar-refractivity contribution in [2.24, 2.45) is 0 Å². The Labute approximate surface area is 102 Å². The monoisotopic (exact) mass is 240 g/mol. The van der Waals surface area contributed by atoms with Crippen LogP contribution in [0.25, 0.3) is 0 Å². The van der Waals surface area contributed by atoms with Gasteiger partial charge in [-0.2, -0.15) is 0 Å². The first-order chi connectivity index (χ1) is 8.02. The van der Waals surface area contributed by atoms with Crippen LogP contribution in [0, 0.1) is 19.1 Å². The summed E-state index contributed by atoms with van der Waals surface area (Å²) < 4.78 is 14.0. The largest absolute Gasteiger partial charge is 0.711 e. The van der Waals surface area contributed by atoms with E-state index < -0.39 is 5.79 Å². The van der Waals surface area contributed by atoms with E-state index in [-0.39, 0.29) is 0 Å². The maximum absolute atomic E-state index is 11.4. The fourth-order valence-electron chi connectivity index (χ4n) is 2.16. The Kier molecular flexibility index (Phi) is 3.40. The Morgan fingerprint density at radius 1 is 1.41 bits per heavy atom. The number of hydrogen-bond acceptors (Lipinski definition) is 3. The molecule has 96 valence electrons. The highest BCUT2D eigenvalue weighted by Gasteiger charge is 2.30. The number of aryl methyl sites for hydroxylation is 1. The summed E-state index contributed by atoms with van der Waals surface area (Å²) in [4.78, 5) is 0. The quantitative estimate of drug-likeness (QED) is 0.588. The van der Waals surface area contributed by atoms with Crippen molar-refractivity contribution in [3.63, 3.8) is 0 Å². The van der Waals surface area contributed by atoms with Crippen molar-refractivity contribution < 1.29 is 14.2 Å². The summed E-state index contributed by atoms with van der Waals surface area (Å²) in [5.74, 6) is -0.427. The first kappa shape index (κ1) is 12.4. The van der Waals surface area contributed by atoms with Crippen molar-refractivity contribution in [2.75, 3.05) is 13.2 Å². The molecule has 0 atom stereocenters. The number of ether oxygens (including phenoxy) is 2. The molecule has 1 fully saturated rings. The Balaban J connectivity index is 1.87. The van der Waals surface area contributed by atoms with E-state index in [4.69, 9.17) is 9.47 Å². The van der Waals surface area contributed by atoms with E-state index in [0.29, 0.717) is 13.2 Å². The second-order valence-corrected chi connectivity index (χ2v) is 4.74. The molecule has 2 rings (SSSR count). The minimum absolute atomic E-state index is 0.427. The van der Waals surface area contributed by atoms with Gasteiger partial charge in [0.1, 0.15) is 11.4 Å². The van der Waals surface area contributed by atoms with Crippen LogP contribution in [0.1, 0.15) is 31.2 Å². The van der Waals surface area contributed by atoms with Gasteiger partial charge in [-0.15, -0.1) is 0 Å². The van der Waals surface area contributed by atoms with Gasteiger partial charge in [0.15, 0.2) is 5.79 Å². The van der Waals surface area contributed by atoms with Crippen LogP contribution in [0.2, 0.25) is 0 Å². The summed E-state index contributed by atoms with van der Waals surface area (Å²) in [5, 5.41) is 11.4. The normalized spacial score (nSPS) is 18.8. The molecular formula is C12H20N2O3. The Hall–Kier alpha value is -1.07. The molecule has 0 spiro atoms. The average Bonchev–Trinajstić information content (AvgIpc) is 2.81. The van der Waals surface area contributed by atoms with E-state index in [0.717, 1.165) is 35.5 Å². The molecule has 1 aromatic heterocycles. The predicted octanol–water partition coefficient (Wildman–Crippen LogP) is 1.28. The van der Waals surface area contributed by atoms with Gasteiger partial charge in [-0.05, 0) is 13.3 Å². The van der Waals surface area contributed by atoms with Crippen molar-refractivity contribution in [1.29, 1.82) is 0 Å². The maximum atomic E-state index is 11.4. The van der Waals surface area contributed by atoms with Crippen molar-refractivity contribution >= 4 is 0 Å². The molecule has 0 radical (unpaired) electrons. The van der Waals surface area contributed by atoms with Crippen LogP contribution < -0.4 is 4.73 Å². The van der Waals surface area contributed by atoms with Crippen molar-refractivity contribution in [2.45, 2.75) is 45.9 Å². The lowest BCUT2D eigenvalue weighted by Gasteiger charge is -2.21. The second-order valence-electron chi connectivity index (χ2n) is 4.74. The van der Waals surface area contributed by atoms with Gasteiger partial charge in [0.25, 0.3) is 0 Å². The summed E-state index contributed by atoms with van der Waals surface area (Å²) in [6.07, 6.45) is 3.39. The van der Waals surface area contributed by atoms with Gasteiger partial charge in [-0.25, -0.2) is 9.30 Å². The highest BCUT2D eigenvalue weighted by molar-refractivity contribution is 5.02. The Bertz CT molecular complexity index is 395. The number of aromatic nitrogens is 2. The third kappa shape index (κ3) is 2.61. The minimum atomic E-state index is -0.427. The Morgan fingerprint density at radius 2 is 2.06 bits per heavy atom. The van der Waals surface area contributed by atoms with Crippen LogP contribution in [0.15, 0.2) is 6.33 Å². The van der Waals surface area contributed by atoms with Crippen molar-refractivity contribution in [3.05, 3.63) is 22.9 Å². The minimum Gasteiger partial charge on any atom is -0.711 e. The van der Waals surface area contributed by atoms with Crippen molar-refractivity contribution in [3.8, 4) is 0 Å². The average molecular weight is 240 g/mol. The molecule has 0 aliphatic carbocycles. The van der Waals surface area contributed by atoms with Crippen LogP contribution in [-0.4, -0.2) is 23.6 Å². The summed E-state index contributed by atoms with van der Waals surface area (Å²) in [6, 6.07) is 0. The molecule has 0 unspecified atom stereocenters. The standard InChI is InChI=1S/C12H20N2O3/c1-10-11(2)14(15)9-13(10)6-4-5-12(3)16-7-8-17-12/h9H,4-8H2,1-3H3. The molecule has 1 aromatic rings. The van der Waals surface area contributed by atoms with E-state index in [1.807, 2.05) is 25.3 Å². The zero-order valence-electron chi connectivity index (χ0n) is 10.7. The number of nitrogens with zero attached hydrogens (tertiary/aromatic N) is 2. The number of imidazole rings is 1. The summed E-state index contributed by atoms with van der Waals surface area (Å²) in [5.41, 5.74) is 1.79. The van der Waals surface area contributed by atoms with Gasteiger partial charge in [0.05, 0.1) is 19.8 Å². The topological polar surface area (TPSA) is 50.3 Å². The van der Waals surface area contributed by atoms with Crippen LogP contribution in [0.5, 0.6) is 0 Å². The zero-order chi connectivity index (χ0) is 12.5. The van der Waals surface area contributed by atoms with Crippen LogP contribution >= 0.6 is 0 Å². The first-order valence-corrected chi connectivity index (χ1v) is 6.05. The second kappa shape index (κ2) is 4.66. The SMILES string of the molecule is Cc1c(C)[n+]([O-])cn1CCCC1(C)OCCO1. The summed E-state index contributed by atoms with van der Waals surface area (Å²) in [7, 11) is 0. The molecule has 17 heavy (non-hydrogen) atoms. The van der Waals surface area contributed by atoms with Gasteiger partial charge in [0.2, 0.25) is 6.33 Å². The first-order valence-electron chi connectivity index (χ1n) is 6.05. The predicted molar refractivity (Wildman–Crippen MR) is 62.4 cm³/mol. The molecule has 2 heterocycles. The van der Waals surface area contributed by atoms with Crippen LogP contribution in [0.3, 0.4) is 0 Å². The molecule has 0 aromatic carbocycles. The van der Waals surface area contributed by atoms with E-state index in [2.05, 4.69) is 0 Å². The lowest BCUT2D eigenvalue weighted by Crippen LogP contribution is -2.26. The van der Waals surface area contributed by atoms with E-state index in [1.165, 1.54) is 0 Å². The smallest absolute Gasteiger partial charge is 0.247 e.